The normalized spacial score (nSPS) is 21.1. The smallest absolute Gasteiger partial charge is 0.264 e. The quantitative estimate of drug-likeness (QED) is 0.532. The molecule has 0 radical (unpaired) electrons. The highest BCUT2D eigenvalue weighted by atomic mass is 32.1. The summed E-state index contributed by atoms with van der Waals surface area (Å²) in [6.07, 6.45) is 12.0. The number of aromatic nitrogens is 3. The maximum atomic E-state index is 11.4. The number of carbonyl (C=O) groups excluding carboxylic acids is 1. The van der Waals surface area contributed by atoms with Crippen LogP contribution in [0.5, 0.6) is 0 Å². The fourth-order valence-corrected chi connectivity index (χ4v) is 5.88. The van der Waals surface area contributed by atoms with E-state index in [2.05, 4.69) is 45.9 Å². The third-order valence-corrected chi connectivity index (χ3v) is 7.66. The lowest BCUT2D eigenvalue weighted by Gasteiger charge is -2.27. The number of pyridine rings is 1. The monoisotopic (exact) mass is 501 g/mol. The van der Waals surface area contributed by atoms with Crippen LogP contribution < -0.4 is 10.6 Å². The van der Waals surface area contributed by atoms with E-state index < -0.39 is 0 Å². The van der Waals surface area contributed by atoms with Gasteiger partial charge < -0.3 is 10.6 Å². The average molecular weight is 502 g/mol. The van der Waals surface area contributed by atoms with Gasteiger partial charge in [-0.3, -0.25) is 4.79 Å². The summed E-state index contributed by atoms with van der Waals surface area (Å²) in [7, 11) is 0. The van der Waals surface area contributed by atoms with Crippen molar-refractivity contribution in [3.8, 4) is 16.6 Å². The summed E-state index contributed by atoms with van der Waals surface area (Å²) in [6, 6.07) is 4.71. The molecule has 1 saturated carbocycles. The minimum atomic E-state index is 0.0375. The van der Waals surface area contributed by atoms with Crippen LogP contribution in [0.2, 0.25) is 0 Å². The Morgan fingerprint density at radius 2 is 2.03 bits per heavy atom. The molecular formula is C26H29N8OS+. The first kappa shape index (κ1) is 24.0. The van der Waals surface area contributed by atoms with Crippen molar-refractivity contribution < 1.29 is 9.49 Å². The number of hydrogen-bond acceptors (Lipinski definition) is 8. The molecule has 3 aliphatic rings. The van der Waals surface area contributed by atoms with E-state index in [0.717, 1.165) is 64.0 Å². The number of hydrogen-bond donors (Lipinski definition) is 2. The van der Waals surface area contributed by atoms with Crippen LogP contribution in [0.3, 0.4) is 0 Å². The number of amides is 1. The average Bonchev–Trinajstić information content (AvgIpc) is 3.51. The summed E-state index contributed by atoms with van der Waals surface area (Å²) >= 11 is 1.63. The van der Waals surface area contributed by atoms with E-state index in [9.17, 15) is 10.1 Å². The van der Waals surface area contributed by atoms with Gasteiger partial charge in [-0.2, -0.15) is 5.26 Å². The van der Waals surface area contributed by atoms with E-state index in [1.165, 1.54) is 0 Å². The van der Waals surface area contributed by atoms with E-state index >= 15 is 0 Å². The fraction of sp³-hybridized carbons (Fsp3) is 0.423. The van der Waals surface area contributed by atoms with Crippen molar-refractivity contribution in [3.05, 3.63) is 52.6 Å². The minimum absolute atomic E-state index is 0.0375. The van der Waals surface area contributed by atoms with Gasteiger partial charge in [0, 0.05) is 49.0 Å². The van der Waals surface area contributed by atoms with Crippen LogP contribution >= 0.6 is 11.3 Å². The van der Waals surface area contributed by atoms with Crippen molar-refractivity contribution in [1.82, 2.24) is 20.5 Å². The number of nitrogens with zero attached hydrogens (tertiary/aromatic N) is 6. The molecule has 184 valence electrons. The summed E-state index contributed by atoms with van der Waals surface area (Å²) in [5.41, 5.74) is 5.17. The van der Waals surface area contributed by atoms with Gasteiger partial charge in [-0.15, -0.1) is 10.2 Å². The molecule has 9 nitrogen and oxygen atoms in total. The minimum Gasteiger partial charge on any atom is -0.382 e. The van der Waals surface area contributed by atoms with Gasteiger partial charge >= 0.3 is 0 Å². The van der Waals surface area contributed by atoms with Crippen molar-refractivity contribution in [2.75, 3.05) is 5.32 Å². The van der Waals surface area contributed by atoms with Crippen molar-refractivity contribution in [1.29, 1.82) is 5.26 Å². The summed E-state index contributed by atoms with van der Waals surface area (Å²) in [6.45, 7) is 5.78. The van der Waals surface area contributed by atoms with Crippen molar-refractivity contribution in [2.24, 2.45) is 5.11 Å². The molecular weight excluding hydrogens is 472 g/mol. The SMILES string of the molecule is CC(=O)NC1CCC(c2nnc(-c3cnc(C4=CC=C5CC(C#N)=CN=[N+]54)cc3NC(C)C)s2)CC1. The molecule has 10 heteroatoms. The zero-order valence-electron chi connectivity index (χ0n) is 20.7. The first-order chi connectivity index (χ1) is 17.4. The van der Waals surface area contributed by atoms with Crippen LogP contribution in [-0.2, 0) is 4.79 Å². The zero-order chi connectivity index (χ0) is 25.2. The van der Waals surface area contributed by atoms with E-state index in [4.69, 9.17) is 4.98 Å². The highest BCUT2D eigenvalue weighted by Crippen LogP contribution is 2.39. The Hall–Kier alpha value is -3.71. The molecule has 0 aromatic carbocycles. The van der Waals surface area contributed by atoms with Crippen LogP contribution in [0.15, 0.2) is 47.0 Å². The van der Waals surface area contributed by atoms with Crippen molar-refractivity contribution >= 4 is 28.6 Å². The molecule has 2 N–H and O–H groups in total. The Balaban J connectivity index is 1.38. The summed E-state index contributed by atoms with van der Waals surface area (Å²) in [4.78, 5) is 16.1. The first-order valence-corrected chi connectivity index (χ1v) is 13.1. The van der Waals surface area contributed by atoms with Gasteiger partial charge in [-0.1, -0.05) is 11.3 Å². The standard InChI is InChI=1S/C26H28N8OS/c1-15(2)30-22-11-23(24-9-8-20-10-17(12-27)13-29-34(20)24)28-14-21(22)26-33-32-25(36-26)18-4-6-19(7-5-18)31-16(3)35/h8-9,11,13-15,18-19H,4-7,10H2,1-3H3,(H-,28,30,31,33,35)/p+1. The topological polar surface area (TPSA) is 119 Å². The summed E-state index contributed by atoms with van der Waals surface area (Å²) < 4.78 is 1.85. The van der Waals surface area contributed by atoms with E-state index in [-0.39, 0.29) is 18.0 Å². The third kappa shape index (κ3) is 4.97. The number of nitrogens with one attached hydrogen (secondary N) is 2. The molecule has 1 aliphatic carbocycles. The van der Waals surface area contributed by atoms with Crippen LogP contribution in [0.25, 0.3) is 16.3 Å². The Labute approximate surface area is 214 Å². The number of nitriles is 1. The second kappa shape index (κ2) is 10.1. The molecule has 5 rings (SSSR count). The summed E-state index contributed by atoms with van der Waals surface area (Å²) in [5, 5.41) is 31.2. The Kier molecular flexibility index (Phi) is 6.74. The largest absolute Gasteiger partial charge is 0.382 e. The maximum Gasteiger partial charge on any atom is 0.264 e. The lowest BCUT2D eigenvalue weighted by atomic mass is 9.86. The number of allylic oxidation sites excluding steroid dienone is 3. The number of fused-ring (bicyclic) bond motifs is 1. The summed E-state index contributed by atoms with van der Waals surface area (Å²) in [5.74, 6) is 0.408. The third-order valence-electron chi connectivity index (χ3n) is 6.54. The molecule has 2 aromatic heterocycles. The first-order valence-electron chi connectivity index (χ1n) is 12.3. The van der Waals surface area contributed by atoms with Gasteiger partial charge in [0.05, 0.1) is 23.6 Å². The molecule has 2 aromatic rings. The molecule has 2 aliphatic heterocycles. The van der Waals surface area contributed by atoms with Crippen LogP contribution in [0, 0.1) is 11.3 Å². The van der Waals surface area contributed by atoms with Gasteiger partial charge in [0.2, 0.25) is 11.6 Å². The van der Waals surface area contributed by atoms with Crippen molar-refractivity contribution in [3.63, 3.8) is 0 Å². The van der Waals surface area contributed by atoms with Gasteiger partial charge in [0.1, 0.15) is 16.9 Å². The Morgan fingerprint density at radius 3 is 2.75 bits per heavy atom. The second-order valence-electron chi connectivity index (χ2n) is 9.69. The molecule has 0 saturated heterocycles. The van der Waals surface area contributed by atoms with Gasteiger partial charge in [0.15, 0.2) is 5.01 Å². The van der Waals surface area contributed by atoms with Crippen molar-refractivity contribution in [2.45, 2.75) is 70.9 Å². The molecule has 0 atom stereocenters. The number of azo groups is 2. The van der Waals surface area contributed by atoms with Crippen LogP contribution in [-0.4, -0.2) is 37.9 Å². The van der Waals surface area contributed by atoms with Gasteiger partial charge in [-0.05, 0) is 55.4 Å². The van der Waals surface area contributed by atoms with Crippen LogP contribution in [0.1, 0.15) is 69.5 Å². The predicted octanol–water partition coefficient (Wildman–Crippen LogP) is 5.10. The molecule has 36 heavy (non-hydrogen) atoms. The lowest BCUT2D eigenvalue weighted by Crippen LogP contribution is -2.35. The number of carbonyl (C=O) groups is 1. The Morgan fingerprint density at radius 1 is 1.22 bits per heavy atom. The molecule has 0 unspecified atom stereocenters. The van der Waals surface area contributed by atoms with Gasteiger partial charge in [-0.25, -0.2) is 4.98 Å². The molecule has 4 heterocycles. The highest BCUT2D eigenvalue weighted by Gasteiger charge is 2.33. The second-order valence-corrected chi connectivity index (χ2v) is 10.7. The number of rotatable bonds is 6. The van der Waals surface area contributed by atoms with Gasteiger partial charge in [0.25, 0.3) is 5.70 Å². The van der Waals surface area contributed by atoms with E-state index in [1.54, 1.807) is 24.5 Å². The highest BCUT2D eigenvalue weighted by molar-refractivity contribution is 7.14. The maximum absolute atomic E-state index is 11.4. The Bertz CT molecular complexity index is 1350. The molecule has 0 spiro atoms. The molecule has 1 amide bonds. The molecule has 1 fully saturated rings. The fourth-order valence-electron chi connectivity index (χ4n) is 4.85. The number of anilines is 1. The lowest BCUT2D eigenvalue weighted by molar-refractivity contribution is -0.449. The van der Waals surface area contributed by atoms with E-state index in [1.807, 2.05) is 29.1 Å². The van der Waals surface area contributed by atoms with E-state index in [0.29, 0.717) is 17.9 Å². The molecule has 0 bridgehead atoms. The van der Waals surface area contributed by atoms with Crippen LogP contribution in [0.4, 0.5) is 5.69 Å². The predicted molar refractivity (Wildman–Crippen MR) is 138 cm³/mol. The zero-order valence-corrected chi connectivity index (χ0v) is 21.5.